The molecule has 72 valence electrons. The molecule has 1 atom stereocenters. The summed E-state index contributed by atoms with van der Waals surface area (Å²) in [7, 11) is 0. The lowest BCUT2D eigenvalue weighted by Crippen LogP contribution is -2.34. The molecule has 0 radical (unpaired) electrons. The number of esters is 1. The second kappa shape index (κ2) is 4.56. The van der Waals surface area contributed by atoms with E-state index in [0.29, 0.717) is 18.9 Å². The Morgan fingerprint density at radius 3 is 3.15 bits per heavy atom. The summed E-state index contributed by atoms with van der Waals surface area (Å²) in [5.41, 5.74) is 5.53. The van der Waals surface area contributed by atoms with E-state index in [0.717, 1.165) is 0 Å². The summed E-state index contributed by atoms with van der Waals surface area (Å²) >= 11 is 0. The van der Waals surface area contributed by atoms with Crippen molar-refractivity contribution in [2.45, 2.75) is 19.4 Å². The molecule has 3 N–H and O–H groups in total. The molecule has 0 bridgehead atoms. The van der Waals surface area contributed by atoms with Gasteiger partial charge < -0.3 is 10.5 Å². The predicted molar refractivity (Wildman–Crippen MR) is 44.7 cm³/mol. The molecule has 13 heavy (non-hydrogen) atoms. The van der Waals surface area contributed by atoms with Crippen LogP contribution in [-0.2, 0) is 16.0 Å². The number of hydrogen-bond donors (Lipinski definition) is 2. The largest absolute Gasteiger partial charge is 0.465 e. The van der Waals surface area contributed by atoms with Crippen molar-refractivity contribution in [1.29, 1.82) is 0 Å². The van der Waals surface area contributed by atoms with Crippen LogP contribution in [0.1, 0.15) is 12.7 Å². The number of carbonyl (C=O) groups excluding carboxylic acids is 1. The molecule has 1 aromatic heterocycles. The molecule has 0 aliphatic carbocycles. The van der Waals surface area contributed by atoms with E-state index in [9.17, 15) is 4.79 Å². The second-order valence-corrected chi connectivity index (χ2v) is 2.49. The highest BCUT2D eigenvalue weighted by molar-refractivity contribution is 5.75. The number of carbonyl (C=O) groups is 1. The number of aromatic nitrogens is 3. The Balaban J connectivity index is 2.41. The minimum atomic E-state index is -0.673. The SMILES string of the molecule is CCOC(=O)C(N)Cc1ncn[nH]1. The molecule has 0 saturated carbocycles. The third kappa shape index (κ3) is 2.83. The van der Waals surface area contributed by atoms with Gasteiger partial charge in [0.25, 0.3) is 0 Å². The van der Waals surface area contributed by atoms with Crippen LogP contribution in [0.25, 0.3) is 0 Å². The van der Waals surface area contributed by atoms with Crippen molar-refractivity contribution in [2.24, 2.45) is 5.73 Å². The lowest BCUT2D eigenvalue weighted by atomic mass is 10.2. The van der Waals surface area contributed by atoms with Crippen molar-refractivity contribution >= 4 is 5.97 Å². The minimum absolute atomic E-state index is 0.318. The van der Waals surface area contributed by atoms with Crippen molar-refractivity contribution in [1.82, 2.24) is 15.2 Å². The average Bonchev–Trinajstić information content (AvgIpc) is 2.57. The van der Waals surface area contributed by atoms with Crippen LogP contribution >= 0.6 is 0 Å². The van der Waals surface area contributed by atoms with Crippen LogP contribution in [0.4, 0.5) is 0 Å². The highest BCUT2D eigenvalue weighted by Crippen LogP contribution is 1.94. The molecule has 6 heteroatoms. The summed E-state index contributed by atoms with van der Waals surface area (Å²) in [4.78, 5) is 14.9. The molecule has 6 nitrogen and oxygen atoms in total. The Kier molecular flexibility index (Phi) is 3.39. The topological polar surface area (TPSA) is 93.9 Å². The van der Waals surface area contributed by atoms with E-state index in [4.69, 9.17) is 10.5 Å². The Bertz CT molecular complexity index is 259. The summed E-state index contributed by atoms with van der Waals surface area (Å²) in [5, 5.41) is 6.25. The molecule has 0 aromatic carbocycles. The van der Waals surface area contributed by atoms with Crippen LogP contribution in [-0.4, -0.2) is 33.8 Å². The lowest BCUT2D eigenvalue weighted by molar-refractivity contribution is -0.144. The molecule has 1 aromatic rings. The van der Waals surface area contributed by atoms with Crippen molar-refractivity contribution in [2.75, 3.05) is 6.61 Å². The molecular formula is C7H12N4O2. The Morgan fingerprint density at radius 2 is 2.62 bits per heavy atom. The number of nitrogens with one attached hydrogen (secondary N) is 1. The maximum atomic E-state index is 11.1. The van der Waals surface area contributed by atoms with Crippen LogP contribution in [0.15, 0.2) is 6.33 Å². The molecule has 0 aliphatic heterocycles. The first-order valence-electron chi connectivity index (χ1n) is 4.00. The lowest BCUT2D eigenvalue weighted by Gasteiger charge is -2.07. The molecule has 0 spiro atoms. The third-order valence-electron chi connectivity index (χ3n) is 1.47. The molecule has 1 rings (SSSR count). The predicted octanol–water partition coefficient (Wildman–Crippen LogP) is -0.762. The van der Waals surface area contributed by atoms with Crippen LogP contribution in [0, 0.1) is 0 Å². The van der Waals surface area contributed by atoms with Gasteiger partial charge in [-0.1, -0.05) is 0 Å². The van der Waals surface area contributed by atoms with Gasteiger partial charge in [-0.15, -0.1) is 0 Å². The summed E-state index contributed by atoms with van der Waals surface area (Å²) < 4.78 is 4.73. The number of aromatic amines is 1. The van der Waals surface area contributed by atoms with E-state index in [-0.39, 0.29) is 0 Å². The van der Waals surface area contributed by atoms with Gasteiger partial charge in [0.2, 0.25) is 0 Å². The maximum Gasteiger partial charge on any atom is 0.323 e. The molecule has 1 unspecified atom stereocenters. The zero-order valence-corrected chi connectivity index (χ0v) is 7.36. The van der Waals surface area contributed by atoms with Crippen molar-refractivity contribution in [3.63, 3.8) is 0 Å². The van der Waals surface area contributed by atoms with Crippen molar-refractivity contribution < 1.29 is 9.53 Å². The van der Waals surface area contributed by atoms with E-state index in [1.54, 1.807) is 6.92 Å². The first-order valence-corrected chi connectivity index (χ1v) is 4.00. The fraction of sp³-hybridized carbons (Fsp3) is 0.571. The Morgan fingerprint density at radius 1 is 1.85 bits per heavy atom. The van der Waals surface area contributed by atoms with E-state index in [1.165, 1.54) is 6.33 Å². The Hall–Kier alpha value is -1.43. The average molecular weight is 184 g/mol. The number of hydrogen-bond acceptors (Lipinski definition) is 5. The highest BCUT2D eigenvalue weighted by Gasteiger charge is 2.15. The van der Waals surface area contributed by atoms with Crippen LogP contribution < -0.4 is 5.73 Å². The van der Waals surface area contributed by atoms with E-state index < -0.39 is 12.0 Å². The van der Waals surface area contributed by atoms with Crippen molar-refractivity contribution in [3.05, 3.63) is 12.2 Å². The molecule has 1 heterocycles. The van der Waals surface area contributed by atoms with Crippen LogP contribution in [0.3, 0.4) is 0 Å². The zero-order chi connectivity index (χ0) is 9.68. The van der Waals surface area contributed by atoms with Crippen LogP contribution in [0.5, 0.6) is 0 Å². The summed E-state index contributed by atoms with van der Waals surface area (Å²) in [5.74, 6) is 0.166. The number of H-pyrrole nitrogens is 1. The zero-order valence-electron chi connectivity index (χ0n) is 7.36. The normalized spacial score (nSPS) is 12.5. The number of nitrogens with zero attached hydrogens (tertiary/aromatic N) is 2. The van der Waals surface area contributed by atoms with Gasteiger partial charge in [-0.3, -0.25) is 9.89 Å². The first kappa shape index (κ1) is 9.66. The molecular weight excluding hydrogens is 172 g/mol. The van der Waals surface area contributed by atoms with E-state index in [2.05, 4.69) is 15.2 Å². The standard InChI is InChI=1S/C7H12N4O2/c1-2-13-7(12)5(8)3-6-9-4-10-11-6/h4-5H,2-3,8H2,1H3,(H,9,10,11). The number of ether oxygens (including phenoxy) is 1. The monoisotopic (exact) mass is 184 g/mol. The van der Waals surface area contributed by atoms with Crippen molar-refractivity contribution in [3.8, 4) is 0 Å². The van der Waals surface area contributed by atoms with Gasteiger partial charge in [-0.25, -0.2) is 4.98 Å². The molecule has 0 aliphatic rings. The van der Waals surface area contributed by atoms with E-state index in [1.807, 2.05) is 0 Å². The maximum absolute atomic E-state index is 11.1. The molecule has 0 amide bonds. The quantitative estimate of drug-likeness (QED) is 0.600. The summed E-state index contributed by atoms with van der Waals surface area (Å²) in [6.45, 7) is 2.07. The van der Waals surface area contributed by atoms with Gasteiger partial charge >= 0.3 is 5.97 Å². The van der Waals surface area contributed by atoms with Gasteiger partial charge in [0.15, 0.2) is 0 Å². The molecule has 0 saturated heterocycles. The fourth-order valence-corrected chi connectivity index (χ4v) is 0.870. The second-order valence-electron chi connectivity index (χ2n) is 2.49. The van der Waals surface area contributed by atoms with Gasteiger partial charge in [-0.05, 0) is 6.92 Å². The van der Waals surface area contributed by atoms with Gasteiger partial charge in [0.05, 0.1) is 6.61 Å². The fourth-order valence-electron chi connectivity index (χ4n) is 0.870. The van der Waals surface area contributed by atoms with E-state index >= 15 is 0 Å². The summed E-state index contributed by atoms with van der Waals surface area (Å²) in [6.07, 6.45) is 1.69. The highest BCUT2D eigenvalue weighted by atomic mass is 16.5. The van der Waals surface area contributed by atoms with Gasteiger partial charge in [0, 0.05) is 6.42 Å². The third-order valence-corrected chi connectivity index (χ3v) is 1.47. The summed E-state index contributed by atoms with van der Waals surface area (Å²) in [6, 6.07) is -0.673. The minimum Gasteiger partial charge on any atom is -0.465 e. The first-order chi connectivity index (χ1) is 6.24. The van der Waals surface area contributed by atoms with Crippen LogP contribution in [0.2, 0.25) is 0 Å². The Labute approximate surface area is 75.5 Å². The molecule has 0 fully saturated rings. The number of nitrogens with two attached hydrogens (primary N) is 1. The number of rotatable bonds is 4. The van der Waals surface area contributed by atoms with Gasteiger partial charge in [0.1, 0.15) is 18.2 Å². The smallest absolute Gasteiger partial charge is 0.323 e. The van der Waals surface area contributed by atoms with Gasteiger partial charge in [-0.2, -0.15) is 5.10 Å².